The Morgan fingerprint density at radius 1 is 1.24 bits per heavy atom. The number of anilines is 1. The van der Waals surface area contributed by atoms with Crippen molar-refractivity contribution in [3.63, 3.8) is 0 Å². The van der Waals surface area contributed by atoms with Crippen LogP contribution in [-0.2, 0) is 6.54 Å². The summed E-state index contributed by atoms with van der Waals surface area (Å²) in [6.07, 6.45) is -3.13. The van der Waals surface area contributed by atoms with Gasteiger partial charge in [0, 0.05) is 17.4 Å². The number of aromatic nitrogens is 1. The highest BCUT2D eigenvalue weighted by Crippen LogP contribution is 2.23. The molecule has 0 fully saturated rings. The average molecular weight is 468 g/mol. The van der Waals surface area contributed by atoms with Gasteiger partial charge in [-0.3, -0.25) is 0 Å². The highest BCUT2D eigenvalue weighted by molar-refractivity contribution is 14.0. The second-order valence-corrected chi connectivity index (χ2v) is 4.57. The maximum atomic E-state index is 12.1. The van der Waals surface area contributed by atoms with Crippen LogP contribution in [-0.4, -0.2) is 24.4 Å². The van der Waals surface area contributed by atoms with Crippen molar-refractivity contribution in [2.24, 2.45) is 10.7 Å². The third kappa shape index (κ3) is 7.03. The first-order chi connectivity index (χ1) is 11.4. The SMILES string of the molecule is COc1ncccc1CN=C(N)Nc1ccc(OC(F)(F)F)cc1.I. The van der Waals surface area contributed by atoms with Crippen LogP contribution in [0.1, 0.15) is 5.56 Å². The summed E-state index contributed by atoms with van der Waals surface area (Å²) in [6, 6.07) is 8.69. The van der Waals surface area contributed by atoms with Crippen molar-refractivity contribution < 1.29 is 22.6 Å². The summed E-state index contributed by atoms with van der Waals surface area (Å²) in [5.41, 5.74) is 6.98. The molecule has 0 bridgehead atoms. The Hall–Kier alpha value is -2.24. The number of nitrogens with two attached hydrogens (primary N) is 1. The first-order valence-electron chi connectivity index (χ1n) is 6.78. The van der Waals surface area contributed by atoms with E-state index in [-0.39, 0.29) is 42.2 Å². The van der Waals surface area contributed by atoms with E-state index >= 15 is 0 Å². The first kappa shape index (κ1) is 20.8. The second-order valence-electron chi connectivity index (χ2n) is 4.57. The van der Waals surface area contributed by atoms with E-state index in [2.05, 4.69) is 20.0 Å². The lowest BCUT2D eigenvalue weighted by atomic mass is 10.3. The topological polar surface area (TPSA) is 81.8 Å². The standard InChI is InChI=1S/C15H15F3N4O2.HI/c1-23-13-10(3-2-8-20-13)9-21-14(19)22-11-4-6-12(7-5-11)24-15(16,17)18;/h2-8H,9H2,1H3,(H3,19,21,22);1H. The number of pyridine rings is 1. The predicted molar refractivity (Wildman–Crippen MR) is 98.3 cm³/mol. The Balaban J connectivity index is 0.00000312. The van der Waals surface area contributed by atoms with Crippen molar-refractivity contribution in [1.29, 1.82) is 0 Å². The number of rotatable bonds is 5. The van der Waals surface area contributed by atoms with Crippen molar-refractivity contribution in [1.82, 2.24) is 4.98 Å². The number of hydrogen-bond donors (Lipinski definition) is 2. The number of halogens is 4. The summed E-state index contributed by atoms with van der Waals surface area (Å²) in [6.45, 7) is 0.241. The molecule has 2 rings (SSSR count). The molecule has 10 heteroatoms. The molecule has 1 heterocycles. The summed E-state index contributed by atoms with van der Waals surface area (Å²) >= 11 is 0. The lowest BCUT2D eigenvalue weighted by Crippen LogP contribution is -2.22. The summed E-state index contributed by atoms with van der Waals surface area (Å²) in [5.74, 6) is 0.233. The highest BCUT2D eigenvalue weighted by Gasteiger charge is 2.30. The number of methoxy groups -OCH3 is 1. The minimum absolute atomic E-state index is 0. The van der Waals surface area contributed by atoms with Gasteiger partial charge in [-0.1, -0.05) is 6.07 Å². The zero-order valence-electron chi connectivity index (χ0n) is 13.1. The Morgan fingerprint density at radius 2 is 1.92 bits per heavy atom. The molecule has 0 saturated heterocycles. The van der Waals surface area contributed by atoms with Crippen LogP contribution in [0.2, 0.25) is 0 Å². The van der Waals surface area contributed by atoms with Crippen molar-refractivity contribution in [2.45, 2.75) is 12.9 Å². The quantitative estimate of drug-likeness (QED) is 0.399. The summed E-state index contributed by atoms with van der Waals surface area (Å²) in [5, 5.41) is 2.77. The van der Waals surface area contributed by atoms with Gasteiger partial charge in [0.15, 0.2) is 5.96 Å². The largest absolute Gasteiger partial charge is 0.573 e. The number of nitrogens with one attached hydrogen (secondary N) is 1. The van der Waals surface area contributed by atoms with Crippen LogP contribution in [0, 0.1) is 0 Å². The predicted octanol–water partition coefficient (Wildman–Crippen LogP) is 3.53. The van der Waals surface area contributed by atoms with Crippen LogP contribution in [0.4, 0.5) is 18.9 Å². The molecule has 0 aliphatic rings. The number of hydrogen-bond acceptors (Lipinski definition) is 4. The zero-order chi connectivity index (χ0) is 17.6. The minimum atomic E-state index is -4.72. The molecule has 0 aliphatic heterocycles. The molecular weight excluding hydrogens is 452 g/mol. The fraction of sp³-hybridized carbons (Fsp3) is 0.200. The van der Waals surface area contributed by atoms with E-state index in [1.165, 1.54) is 31.4 Å². The highest BCUT2D eigenvalue weighted by atomic mass is 127. The zero-order valence-corrected chi connectivity index (χ0v) is 15.4. The Labute approximate surface area is 159 Å². The van der Waals surface area contributed by atoms with E-state index in [1.807, 2.05) is 0 Å². The van der Waals surface area contributed by atoms with Crippen molar-refractivity contribution in [3.8, 4) is 11.6 Å². The molecule has 0 unspecified atom stereocenters. The molecule has 0 aliphatic carbocycles. The van der Waals surface area contributed by atoms with Crippen LogP contribution >= 0.6 is 24.0 Å². The fourth-order valence-electron chi connectivity index (χ4n) is 1.83. The number of benzene rings is 1. The van der Waals surface area contributed by atoms with E-state index in [1.54, 1.807) is 18.3 Å². The Morgan fingerprint density at radius 3 is 2.52 bits per heavy atom. The summed E-state index contributed by atoms with van der Waals surface area (Å²) < 4.78 is 45.1. The average Bonchev–Trinajstić information content (AvgIpc) is 2.53. The molecule has 0 atom stereocenters. The fourth-order valence-corrected chi connectivity index (χ4v) is 1.83. The molecule has 1 aromatic heterocycles. The monoisotopic (exact) mass is 468 g/mol. The number of nitrogens with zero attached hydrogens (tertiary/aromatic N) is 2. The number of guanidine groups is 1. The van der Waals surface area contributed by atoms with E-state index in [0.717, 1.165) is 5.56 Å². The van der Waals surface area contributed by atoms with Gasteiger partial charge in [-0.2, -0.15) is 0 Å². The Kier molecular flexibility index (Phi) is 7.74. The third-order valence-corrected chi connectivity index (χ3v) is 2.82. The molecule has 2 aromatic rings. The maximum absolute atomic E-state index is 12.1. The van der Waals surface area contributed by atoms with Gasteiger partial charge >= 0.3 is 6.36 Å². The number of aliphatic imine (C=N–C) groups is 1. The lowest BCUT2D eigenvalue weighted by Gasteiger charge is -2.10. The van der Waals surface area contributed by atoms with E-state index < -0.39 is 6.36 Å². The van der Waals surface area contributed by atoms with E-state index in [4.69, 9.17) is 10.5 Å². The molecular formula is C15H16F3IN4O2. The van der Waals surface area contributed by atoms with Gasteiger partial charge in [-0.05, 0) is 30.3 Å². The van der Waals surface area contributed by atoms with Crippen LogP contribution in [0.5, 0.6) is 11.6 Å². The minimum Gasteiger partial charge on any atom is -0.481 e. The van der Waals surface area contributed by atoms with Gasteiger partial charge in [-0.25, -0.2) is 9.98 Å². The lowest BCUT2D eigenvalue weighted by molar-refractivity contribution is -0.274. The molecule has 25 heavy (non-hydrogen) atoms. The van der Waals surface area contributed by atoms with Gasteiger partial charge in [0.05, 0.1) is 13.7 Å². The smallest absolute Gasteiger partial charge is 0.481 e. The molecule has 136 valence electrons. The van der Waals surface area contributed by atoms with Gasteiger partial charge in [0.1, 0.15) is 5.75 Å². The maximum Gasteiger partial charge on any atom is 0.573 e. The van der Waals surface area contributed by atoms with Crippen molar-refractivity contribution >= 4 is 35.6 Å². The van der Waals surface area contributed by atoms with Crippen LogP contribution < -0.4 is 20.5 Å². The van der Waals surface area contributed by atoms with Gasteiger partial charge in [-0.15, -0.1) is 37.1 Å². The van der Waals surface area contributed by atoms with E-state index in [9.17, 15) is 13.2 Å². The van der Waals surface area contributed by atoms with Gasteiger partial charge in [0.25, 0.3) is 0 Å². The Bertz CT molecular complexity index is 709. The molecule has 1 aromatic carbocycles. The van der Waals surface area contributed by atoms with Crippen molar-refractivity contribution in [3.05, 3.63) is 48.2 Å². The second kappa shape index (κ2) is 9.30. The number of alkyl halides is 3. The normalized spacial score (nSPS) is 11.4. The van der Waals surface area contributed by atoms with Crippen molar-refractivity contribution in [2.75, 3.05) is 12.4 Å². The van der Waals surface area contributed by atoms with Gasteiger partial charge in [0.2, 0.25) is 5.88 Å². The molecule has 3 N–H and O–H groups in total. The molecule has 6 nitrogen and oxygen atoms in total. The molecule has 0 radical (unpaired) electrons. The summed E-state index contributed by atoms with van der Waals surface area (Å²) in [4.78, 5) is 8.17. The molecule has 0 spiro atoms. The first-order valence-corrected chi connectivity index (χ1v) is 6.78. The van der Waals surface area contributed by atoms with Crippen LogP contribution in [0.15, 0.2) is 47.6 Å². The molecule has 0 saturated carbocycles. The molecule has 0 amide bonds. The number of ether oxygens (including phenoxy) is 2. The van der Waals surface area contributed by atoms with Crippen LogP contribution in [0.25, 0.3) is 0 Å². The van der Waals surface area contributed by atoms with E-state index in [0.29, 0.717) is 11.6 Å². The van der Waals surface area contributed by atoms with Gasteiger partial charge < -0.3 is 20.5 Å². The third-order valence-electron chi connectivity index (χ3n) is 2.82. The summed E-state index contributed by atoms with van der Waals surface area (Å²) in [7, 11) is 1.50. The van der Waals surface area contributed by atoms with Crippen LogP contribution in [0.3, 0.4) is 0 Å².